The van der Waals surface area contributed by atoms with Gasteiger partial charge in [0, 0.05) is 12.1 Å². The normalized spacial score (nSPS) is 18.7. The summed E-state index contributed by atoms with van der Waals surface area (Å²) < 4.78 is 0. The summed E-state index contributed by atoms with van der Waals surface area (Å²) in [5.41, 5.74) is 7.93. The van der Waals surface area contributed by atoms with E-state index in [2.05, 4.69) is 62.1 Å². The molecule has 0 fully saturated rings. The van der Waals surface area contributed by atoms with E-state index in [-0.39, 0.29) is 11.9 Å². The Bertz CT molecular complexity index is 875. The molecule has 1 heterocycles. The van der Waals surface area contributed by atoms with Gasteiger partial charge in [-0.15, -0.1) is 0 Å². The minimum absolute atomic E-state index is 0.186. The van der Waals surface area contributed by atoms with Crippen LogP contribution in [0, 0.1) is 5.92 Å². The van der Waals surface area contributed by atoms with Crippen LogP contribution in [0.2, 0.25) is 0 Å². The lowest BCUT2D eigenvalue weighted by molar-refractivity contribution is 0.0681. The molecule has 0 aromatic heterocycles. The zero-order valence-corrected chi connectivity index (χ0v) is 16.7. The second kappa shape index (κ2) is 7.34. The summed E-state index contributed by atoms with van der Waals surface area (Å²) in [7, 11) is 0. The van der Waals surface area contributed by atoms with E-state index in [1.54, 1.807) is 0 Å². The smallest absolute Gasteiger partial charge is 0.254 e. The topological polar surface area (TPSA) is 20.3 Å². The van der Waals surface area contributed by atoms with Crippen molar-refractivity contribution in [3.8, 4) is 0 Å². The van der Waals surface area contributed by atoms with E-state index in [4.69, 9.17) is 0 Å². The molecule has 1 aliphatic heterocycles. The van der Waals surface area contributed by atoms with Crippen molar-refractivity contribution >= 4 is 11.5 Å². The average Bonchev–Trinajstić information content (AvgIpc) is 3.07. The van der Waals surface area contributed by atoms with Crippen molar-refractivity contribution in [1.82, 2.24) is 4.90 Å². The number of amides is 1. The molecule has 0 bridgehead atoms. The van der Waals surface area contributed by atoms with Crippen molar-refractivity contribution in [3.63, 3.8) is 0 Å². The Morgan fingerprint density at radius 3 is 2.56 bits per heavy atom. The van der Waals surface area contributed by atoms with Gasteiger partial charge in [0.2, 0.25) is 0 Å². The molecule has 0 saturated carbocycles. The fourth-order valence-corrected chi connectivity index (χ4v) is 4.65. The molecule has 0 radical (unpaired) electrons. The lowest BCUT2D eigenvalue weighted by atomic mass is 9.87. The van der Waals surface area contributed by atoms with Gasteiger partial charge in [-0.2, -0.15) is 0 Å². The van der Waals surface area contributed by atoms with Crippen molar-refractivity contribution in [3.05, 3.63) is 76.4 Å². The van der Waals surface area contributed by atoms with Crippen LogP contribution in [0.5, 0.6) is 0 Å². The quantitative estimate of drug-likeness (QED) is 0.704. The molecule has 2 aromatic carbocycles. The molecule has 0 saturated heterocycles. The number of hydrogen-bond acceptors (Lipinski definition) is 1. The number of benzene rings is 2. The Morgan fingerprint density at radius 2 is 1.85 bits per heavy atom. The highest BCUT2D eigenvalue weighted by Crippen LogP contribution is 2.42. The molecule has 1 unspecified atom stereocenters. The zero-order chi connectivity index (χ0) is 19.0. The van der Waals surface area contributed by atoms with Crippen LogP contribution >= 0.6 is 0 Å². The maximum atomic E-state index is 13.4. The minimum Gasteiger partial charge on any atom is -0.332 e. The van der Waals surface area contributed by atoms with E-state index >= 15 is 0 Å². The summed E-state index contributed by atoms with van der Waals surface area (Å²) in [4.78, 5) is 15.5. The van der Waals surface area contributed by atoms with Gasteiger partial charge in [-0.1, -0.05) is 57.2 Å². The van der Waals surface area contributed by atoms with Crippen LogP contribution in [0.3, 0.4) is 0 Å². The monoisotopic (exact) mass is 359 g/mol. The predicted molar refractivity (Wildman–Crippen MR) is 112 cm³/mol. The van der Waals surface area contributed by atoms with Crippen LogP contribution < -0.4 is 0 Å². The van der Waals surface area contributed by atoms with Crippen molar-refractivity contribution in [2.24, 2.45) is 5.92 Å². The maximum Gasteiger partial charge on any atom is 0.254 e. The van der Waals surface area contributed by atoms with E-state index in [9.17, 15) is 4.79 Å². The largest absolute Gasteiger partial charge is 0.332 e. The molecule has 1 atom stereocenters. The van der Waals surface area contributed by atoms with Gasteiger partial charge in [0.15, 0.2) is 0 Å². The Morgan fingerprint density at radius 1 is 1.11 bits per heavy atom. The second-order valence-corrected chi connectivity index (χ2v) is 8.28. The van der Waals surface area contributed by atoms with Crippen LogP contribution in [0.25, 0.3) is 5.57 Å². The van der Waals surface area contributed by atoms with Crippen molar-refractivity contribution in [2.45, 2.75) is 52.5 Å². The van der Waals surface area contributed by atoms with Gasteiger partial charge in [0.25, 0.3) is 5.91 Å². The lowest BCUT2D eigenvalue weighted by Gasteiger charge is -2.38. The molecule has 2 aromatic rings. The highest BCUT2D eigenvalue weighted by molar-refractivity contribution is 5.95. The molecule has 4 rings (SSSR count). The van der Waals surface area contributed by atoms with Gasteiger partial charge in [-0.25, -0.2) is 0 Å². The molecular formula is C25H29NO. The minimum atomic E-state index is 0.186. The average molecular weight is 360 g/mol. The summed E-state index contributed by atoms with van der Waals surface area (Å²) >= 11 is 0. The first-order valence-corrected chi connectivity index (χ1v) is 10.3. The Labute approximate surface area is 162 Å². The molecule has 0 N–H and O–H groups in total. The first-order valence-electron chi connectivity index (χ1n) is 10.3. The van der Waals surface area contributed by atoms with Gasteiger partial charge in [0.05, 0.1) is 6.04 Å². The van der Waals surface area contributed by atoms with E-state index in [1.165, 1.54) is 27.8 Å². The van der Waals surface area contributed by atoms with Crippen LogP contribution in [-0.2, 0) is 12.8 Å². The van der Waals surface area contributed by atoms with Crippen LogP contribution in [0.4, 0.5) is 0 Å². The summed E-state index contributed by atoms with van der Waals surface area (Å²) in [6.07, 6.45) is 4.01. The van der Waals surface area contributed by atoms with Crippen LogP contribution in [-0.4, -0.2) is 23.4 Å². The number of fused-ring (bicyclic) bond motifs is 2. The first-order chi connectivity index (χ1) is 13.1. The number of nitrogens with zero attached hydrogens (tertiary/aromatic N) is 1. The molecule has 27 heavy (non-hydrogen) atoms. The number of hydrogen-bond donors (Lipinski definition) is 0. The van der Waals surface area contributed by atoms with Crippen LogP contribution in [0.15, 0.2) is 54.1 Å². The Balaban J connectivity index is 1.66. The van der Waals surface area contributed by atoms with Gasteiger partial charge < -0.3 is 4.90 Å². The third kappa shape index (κ3) is 3.34. The molecule has 140 valence electrons. The number of carbonyl (C=O) groups is 1. The van der Waals surface area contributed by atoms with E-state index in [0.717, 1.165) is 37.8 Å². The number of carbonyl (C=O) groups excluding carboxylic acids is 1. The number of rotatable bonds is 4. The zero-order valence-electron chi connectivity index (χ0n) is 16.7. The van der Waals surface area contributed by atoms with Crippen molar-refractivity contribution < 1.29 is 4.79 Å². The summed E-state index contributed by atoms with van der Waals surface area (Å²) in [6.45, 7) is 7.48. The highest BCUT2D eigenvalue weighted by Gasteiger charge is 2.37. The predicted octanol–water partition coefficient (Wildman–Crippen LogP) is 5.52. The molecule has 1 aliphatic carbocycles. The maximum absolute atomic E-state index is 13.4. The highest BCUT2D eigenvalue weighted by atomic mass is 16.2. The summed E-state index contributed by atoms with van der Waals surface area (Å²) in [6, 6.07) is 17.2. The number of aryl methyl sites for hydroxylation is 1. The summed E-state index contributed by atoms with van der Waals surface area (Å²) in [5, 5.41) is 0. The van der Waals surface area contributed by atoms with Gasteiger partial charge in [-0.3, -0.25) is 4.79 Å². The Hall–Kier alpha value is -2.35. The third-order valence-electron chi connectivity index (χ3n) is 6.06. The molecule has 1 amide bonds. The molecular weight excluding hydrogens is 330 g/mol. The van der Waals surface area contributed by atoms with E-state index in [0.29, 0.717) is 5.92 Å². The van der Waals surface area contributed by atoms with E-state index in [1.807, 2.05) is 12.1 Å². The molecule has 2 aliphatic rings. The first kappa shape index (κ1) is 18.0. The van der Waals surface area contributed by atoms with Gasteiger partial charge in [-0.05, 0) is 71.6 Å². The second-order valence-electron chi connectivity index (χ2n) is 8.28. The molecule has 2 heteroatoms. The SMILES string of the molecule is CCc1ccc(C(=O)N2CCC3=C(Cc4ccccc43)C2CC(C)C)cc1. The standard InChI is InChI=1S/C25H29NO/c1-4-18-9-11-19(12-10-18)25(27)26-14-13-22-21-8-6-5-7-20(21)16-23(22)24(26)15-17(2)3/h5-12,17,24H,4,13-16H2,1-3H3. The fourth-order valence-electron chi connectivity index (χ4n) is 4.65. The Kier molecular flexibility index (Phi) is 4.90. The molecule has 2 nitrogen and oxygen atoms in total. The van der Waals surface area contributed by atoms with Gasteiger partial charge >= 0.3 is 0 Å². The molecule has 0 spiro atoms. The third-order valence-corrected chi connectivity index (χ3v) is 6.06. The van der Waals surface area contributed by atoms with Crippen LogP contribution in [0.1, 0.15) is 60.7 Å². The van der Waals surface area contributed by atoms with E-state index < -0.39 is 0 Å². The lowest BCUT2D eigenvalue weighted by Crippen LogP contribution is -2.45. The van der Waals surface area contributed by atoms with Crippen molar-refractivity contribution in [1.29, 1.82) is 0 Å². The van der Waals surface area contributed by atoms with Gasteiger partial charge in [0.1, 0.15) is 0 Å². The van der Waals surface area contributed by atoms with Crippen molar-refractivity contribution in [2.75, 3.05) is 6.54 Å². The fraction of sp³-hybridized carbons (Fsp3) is 0.400. The summed E-state index contributed by atoms with van der Waals surface area (Å²) in [5.74, 6) is 0.745.